The molecule has 8 nitrogen and oxygen atoms in total. The van der Waals surface area contributed by atoms with Gasteiger partial charge in [-0.1, -0.05) is 65.4 Å². The van der Waals surface area contributed by atoms with E-state index in [1.165, 1.54) is 18.3 Å². The molecular weight excluding hydrogens is 629 g/mol. The first-order valence-electron chi connectivity index (χ1n) is 14.0. The Morgan fingerprint density at radius 2 is 1.54 bits per heavy atom. The Balaban J connectivity index is 1.09. The fraction of sp³-hybridized carbons (Fsp3) is 0.0286. The second-order valence-electron chi connectivity index (χ2n) is 10.4. The minimum atomic E-state index is -0.704. The predicted octanol–water partition coefficient (Wildman–Crippen LogP) is 8.92. The highest BCUT2D eigenvalue weighted by Crippen LogP contribution is 2.30. The number of fused-ring (bicyclic) bond motifs is 2. The number of furan rings is 1. The lowest BCUT2D eigenvalue weighted by Crippen LogP contribution is -2.19. The molecule has 7 rings (SSSR count). The van der Waals surface area contributed by atoms with E-state index < -0.39 is 17.5 Å². The van der Waals surface area contributed by atoms with Crippen LogP contribution in [0.15, 0.2) is 117 Å². The third-order valence-electron chi connectivity index (χ3n) is 7.22. The first kappa shape index (κ1) is 29.1. The van der Waals surface area contributed by atoms with Gasteiger partial charge in [-0.15, -0.1) is 0 Å². The molecule has 11 heteroatoms. The summed E-state index contributed by atoms with van der Waals surface area (Å²) in [5.74, 6) is -0.572. The maximum absolute atomic E-state index is 14.0. The first-order valence-corrected chi connectivity index (χ1v) is 15.2. The zero-order valence-electron chi connectivity index (χ0n) is 23.7. The van der Waals surface area contributed by atoms with Crippen molar-refractivity contribution in [3.63, 3.8) is 0 Å². The number of rotatable bonds is 7. The van der Waals surface area contributed by atoms with Crippen LogP contribution in [0.25, 0.3) is 32.4 Å². The van der Waals surface area contributed by atoms with Crippen molar-refractivity contribution in [1.82, 2.24) is 4.98 Å². The van der Waals surface area contributed by atoms with Gasteiger partial charge in [-0.2, -0.15) is 0 Å². The number of halogens is 2. The van der Waals surface area contributed by atoms with Gasteiger partial charge in [0.1, 0.15) is 17.0 Å². The number of carbonyl (C=O) groups excluding carboxylic acids is 2. The summed E-state index contributed by atoms with van der Waals surface area (Å²) >= 11 is 6.83. The molecule has 0 atom stereocenters. The number of hydrogen-bond acceptors (Lipinski definition) is 7. The highest BCUT2D eigenvalue weighted by molar-refractivity contribution is 7.19. The largest absolute Gasteiger partial charge is 0.453 e. The average molecular weight is 650 g/mol. The molecule has 0 spiro atoms. The van der Waals surface area contributed by atoms with Gasteiger partial charge in [-0.25, -0.2) is 19.0 Å². The summed E-state index contributed by atoms with van der Waals surface area (Å²) in [6.45, 7) is 0. The third kappa shape index (κ3) is 6.03. The number of urea groups is 1. The summed E-state index contributed by atoms with van der Waals surface area (Å²) in [6.07, 6.45) is 2.05. The summed E-state index contributed by atoms with van der Waals surface area (Å²) in [6, 6.07) is 27.1. The Morgan fingerprint density at radius 3 is 2.28 bits per heavy atom. The van der Waals surface area contributed by atoms with Crippen LogP contribution in [0, 0.1) is 5.82 Å². The molecular formula is C35H21ClFN3O5S. The van der Waals surface area contributed by atoms with E-state index in [9.17, 15) is 18.8 Å². The number of benzene rings is 4. The minimum Gasteiger partial charge on any atom is -0.453 e. The average Bonchev–Trinajstić information content (AvgIpc) is 3.69. The molecule has 0 fully saturated rings. The van der Waals surface area contributed by atoms with Gasteiger partial charge in [0.05, 0.1) is 16.1 Å². The lowest BCUT2D eigenvalue weighted by molar-refractivity contribution is 0.101. The number of anilines is 2. The topological polar surface area (TPSA) is 114 Å². The fourth-order valence-corrected chi connectivity index (χ4v) is 6.01. The molecule has 2 N–H and O–H groups in total. The Bertz CT molecular complexity index is 2350. The van der Waals surface area contributed by atoms with Crippen molar-refractivity contribution in [3.05, 3.63) is 147 Å². The molecule has 46 heavy (non-hydrogen) atoms. The SMILES string of the molecule is O=C(Nc1ncc(-c2cc3cc(Cc4ccc5oc(C(=O)c6ccccc6)cc5c4)ccc3oc2=O)s1)Nc1ccc(Cl)cc1F. The summed E-state index contributed by atoms with van der Waals surface area (Å²) in [7, 11) is 0. The van der Waals surface area contributed by atoms with Crippen LogP contribution >= 0.6 is 22.9 Å². The number of thiazole rings is 1. The molecule has 3 aromatic heterocycles. The van der Waals surface area contributed by atoms with Crippen LogP contribution in [-0.4, -0.2) is 16.8 Å². The summed E-state index contributed by atoms with van der Waals surface area (Å²) < 4.78 is 25.5. The van der Waals surface area contributed by atoms with Crippen LogP contribution in [0.5, 0.6) is 0 Å². The number of nitrogens with zero attached hydrogens (tertiary/aromatic N) is 1. The van der Waals surface area contributed by atoms with Gasteiger partial charge < -0.3 is 14.2 Å². The molecule has 0 aliphatic rings. The summed E-state index contributed by atoms with van der Waals surface area (Å²) in [4.78, 5) is 42.7. The monoisotopic (exact) mass is 649 g/mol. The van der Waals surface area contributed by atoms with Crippen LogP contribution in [0.1, 0.15) is 27.2 Å². The zero-order chi connectivity index (χ0) is 31.8. The number of hydrogen-bond donors (Lipinski definition) is 2. The van der Waals surface area contributed by atoms with Crippen molar-refractivity contribution >= 4 is 67.5 Å². The highest BCUT2D eigenvalue weighted by Gasteiger charge is 2.16. The molecule has 0 unspecified atom stereocenters. The van der Waals surface area contributed by atoms with Gasteiger partial charge in [0.15, 0.2) is 10.9 Å². The lowest BCUT2D eigenvalue weighted by Gasteiger charge is -2.06. The predicted molar refractivity (Wildman–Crippen MR) is 177 cm³/mol. The molecule has 0 saturated carbocycles. The molecule has 7 aromatic rings. The fourth-order valence-electron chi connectivity index (χ4n) is 5.03. The number of ketones is 1. The minimum absolute atomic E-state index is 0.0442. The van der Waals surface area contributed by atoms with Crippen molar-refractivity contribution < 1.29 is 22.8 Å². The molecule has 226 valence electrons. The van der Waals surface area contributed by atoms with Gasteiger partial charge in [-0.3, -0.25) is 10.1 Å². The number of aromatic nitrogens is 1. The van der Waals surface area contributed by atoms with Crippen LogP contribution in [0.3, 0.4) is 0 Å². The lowest BCUT2D eigenvalue weighted by atomic mass is 10.0. The maximum Gasteiger partial charge on any atom is 0.345 e. The molecule has 3 heterocycles. The quantitative estimate of drug-likeness (QED) is 0.132. The van der Waals surface area contributed by atoms with E-state index in [2.05, 4.69) is 15.6 Å². The van der Waals surface area contributed by atoms with Gasteiger partial charge in [-0.05, 0) is 72.1 Å². The van der Waals surface area contributed by atoms with Crippen molar-refractivity contribution in [3.8, 4) is 10.4 Å². The van der Waals surface area contributed by atoms with Crippen LogP contribution in [0.4, 0.5) is 20.0 Å². The Kier molecular flexibility index (Phi) is 7.65. The van der Waals surface area contributed by atoms with Gasteiger partial charge in [0.2, 0.25) is 5.78 Å². The van der Waals surface area contributed by atoms with Crippen LogP contribution in [-0.2, 0) is 6.42 Å². The summed E-state index contributed by atoms with van der Waals surface area (Å²) in [5.41, 5.74) is 3.31. The van der Waals surface area contributed by atoms with E-state index in [-0.39, 0.29) is 32.9 Å². The van der Waals surface area contributed by atoms with Crippen molar-refractivity contribution in [2.45, 2.75) is 6.42 Å². The third-order valence-corrected chi connectivity index (χ3v) is 8.40. The number of amides is 2. The van der Waals surface area contributed by atoms with E-state index in [1.807, 2.05) is 48.5 Å². The second-order valence-corrected chi connectivity index (χ2v) is 11.9. The number of carbonyl (C=O) groups is 2. The molecule has 0 bridgehead atoms. The van der Waals surface area contributed by atoms with E-state index >= 15 is 0 Å². The van der Waals surface area contributed by atoms with Gasteiger partial charge in [0.25, 0.3) is 0 Å². The molecule has 2 amide bonds. The van der Waals surface area contributed by atoms with E-state index in [0.29, 0.717) is 33.4 Å². The first-order chi connectivity index (χ1) is 22.3. The zero-order valence-corrected chi connectivity index (χ0v) is 25.2. The van der Waals surface area contributed by atoms with Crippen molar-refractivity contribution in [2.75, 3.05) is 10.6 Å². The molecule has 0 saturated heterocycles. The van der Waals surface area contributed by atoms with E-state index in [0.717, 1.165) is 33.9 Å². The van der Waals surface area contributed by atoms with Crippen molar-refractivity contribution in [1.29, 1.82) is 0 Å². The van der Waals surface area contributed by atoms with Crippen LogP contribution < -0.4 is 16.3 Å². The van der Waals surface area contributed by atoms with E-state index in [1.54, 1.807) is 30.3 Å². The normalized spacial score (nSPS) is 11.2. The van der Waals surface area contributed by atoms with E-state index in [4.69, 9.17) is 20.4 Å². The summed E-state index contributed by atoms with van der Waals surface area (Å²) in [5, 5.41) is 6.90. The molecule has 4 aromatic carbocycles. The van der Waals surface area contributed by atoms with Gasteiger partial charge in [0, 0.05) is 27.6 Å². The second kappa shape index (κ2) is 12.1. The Labute approximate surface area is 269 Å². The van der Waals surface area contributed by atoms with Crippen LogP contribution in [0.2, 0.25) is 5.02 Å². The number of nitrogens with one attached hydrogen (secondary N) is 2. The molecule has 0 aliphatic carbocycles. The highest BCUT2D eigenvalue weighted by atomic mass is 35.5. The Hall–Kier alpha value is -5.58. The van der Waals surface area contributed by atoms with Crippen molar-refractivity contribution in [2.24, 2.45) is 0 Å². The standard InChI is InChI=1S/C35H21ClFN3O5S/c36-24-8-9-27(26(37)17-24)39-34(43)40-35-38-18-31(46-35)25-15-22-13-19(7-11-29(22)45-33(25)42)12-20-6-10-28-23(14-20)16-30(44-28)32(41)21-4-2-1-3-5-21/h1-11,13-18H,12H2,(H2,38,39,40,43). The Morgan fingerprint density at radius 1 is 0.826 bits per heavy atom. The smallest absolute Gasteiger partial charge is 0.345 e. The maximum atomic E-state index is 14.0. The van der Waals surface area contributed by atoms with Gasteiger partial charge >= 0.3 is 11.7 Å². The molecule has 0 aliphatic heterocycles. The molecule has 0 radical (unpaired) electrons.